The fourth-order valence-corrected chi connectivity index (χ4v) is 13.1. The van der Waals surface area contributed by atoms with Gasteiger partial charge in [-0.2, -0.15) is 13.2 Å². The molecule has 7 rings (SSSR count). The number of nitrogens with one attached hydrogen (secondary N) is 2. The molecule has 0 bridgehead atoms. The van der Waals surface area contributed by atoms with Crippen molar-refractivity contribution in [3.8, 4) is 11.1 Å². The van der Waals surface area contributed by atoms with Crippen LogP contribution in [0, 0.1) is 5.92 Å². The summed E-state index contributed by atoms with van der Waals surface area (Å²) >= 11 is 7.64. The predicted octanol–water partition coefficient (Wildman–Crippen LogP) is 10.9. The Labute approximate surface area is 428 Å². The Bertz CT molecular complexity index is 2870. The van der Waals surface area contributed by atoms with Gasteiger partial charge in [-0.25, -0.2) is 26.1 Å². The molecule has 0 aliphatic carbocycles. The topological polar surface area (TPSA) is 170 Å². The number of sulfone groups is 1. The van der Waals surface area contributed by atoms with Crippen LogP contribution in [0.15, 0.2) is 136 Å². The molecule has 0 saturated carbocycles. The molecule has 2 atom stereocenters. The summed E-state index contributed by atoms with van der Waals surface area (Å²) in [5.74, 6) is -0.885. The lowest BCUT2D eigenvalue weighted by Gasteiger charge is -2.38. The molecule has 5 aromatic rings. The summed E-state index contributed by atoms with van der Waals surface area (Å²) < 4.78 is 135. The number of carbonyl (C=O) groups excluding carboxylic acids is 1. The number of sulfonamides is 1. The van der Waals surface area contributed by atoms with Crippen LogP contribution in [0.2, 0.25) is 5.02 Å². The van der Waals surface area contributed by atoms with Gasteiger partial charge in [-0.15, -0.1) is 11.8 Å². The zero-order valence-corrected chi connectivity index (χ0v) is 43.7. The number of nitrogens with zero attached hydrogens (tertiary/aromatic N) is 2. The third-order valence-electron chi connectivity index (χ3n) is 12.2. The Hall–Kier alpha value is -4.47. The van der Waals surface area contributed by atoms with Gasteiger partial charge in [-0.05, 0) is 122 Å². The summed E-state index contributed by atoms with van der Waals surface area (Å²) in [6.45, 7) is 7.59. The summed E-state index contributed by atoms with van der Waals surface area (Å²) in [6, 6.07) is 32.3. The Morgan fingerprint density at radius 2 is 1.49 bits per heavy atom. The van der Waals surface area contributed by atoms with Crippen molar-refractivity contribution in [2.45, 2.75) is 65.5 Å². The maximum atomic E-state index is 14.3. The summed E-state index contributed by atoms with van der Waals surface area (Å²) in [7, 11) is -15.0. The van der Waals surface area contributed by atoms with E-state index >= 15 is 0 Å². The van der Waals surface area contributed by atoms with Crippen molar-refractivity contribution < 1.29 is 57.7 Å². The zero-order valence-electron chi connectivity index (χ0n) is 39.6. The van der Waals surface area contributed by atoms with Gasteiger partial charge in [-0.1, -0.05) is 66.2 Å². The smallest absolute Gasteiger partial charge is 0.380 e. The summed E-state index contributed by atoms with van der Waals surface area (Å²) in [4.78, 5) is 16.4. The number of hydrogen-bond donors (Lipinski definition) is 2. The minimum atomic E-state index is -6.10. The van der Waals surface area contributed by atoms with Gasteiger partial charge in [0.2, 0.25) is 0 Å². The second-order valence-electron chi connectivity index (χ2n) is 17.0. The molecular weight excluding hydrogens is 1040 g/mol. The molecule has 2 aliphatic heterocycles. The number of phosphoric acid groups is 1. The van der Waals surface area contributed by atoms with E-state index in [1.54, 1.807) is 38.1 Å². The highest BCUT2D eigenvalue weighted by Gasteiger charge is 2.48. The number of alkyl halides is 3. The molecule has 5 aromatic carbocycles. The van der Waals surface area contributed by atoms with Crippen molar-refractivity contribution in [2.75, 3.05) is 75.1 Å². The Balaban J connectivity index is 1.06. The fraction of sp³-hybridized carbons (Fsp3) is 0.380. The maximum Gasteiger partial charge on any atom is 0.501 e. The van der Waals surface area contributed by atoms with E-state index in [2.05, 4.69) is 15.1 Å². The van der Waals surface area contributed by atoms with Crippen LogP contribution in [0.1, 0.15) is 55.1 Å². The maximum absolute atomic E-state index is 14.3. The third-order valence-corrected chi connectivity index (χ3v) is 18.2. The SMILES string of the molecule is CCOP(=O)(OCC)O[C@H](c1ccccc1-c1ccc(Cl)cc1)C1CCN(c2ccc(C(=O)NS(=O)(=O)c3ccc(N[C@@H](CCN4CCOCC4)CSc4ccccc4)c(S(=O)(=O)C(F)(F)F)c3)cc2)CC1. The van der Waals surface area contributed by atoms with Crippen LogP contribution in [0.25, 0.3) is 11.1 Å². The van der Waals surface area contributed by atoms with Gasteiger partial charge in [0.05, 0.1) is 43.1 Å². The quantitative estimate of drug-likeness (QED) is 0.0496. The van der Waals surface area contributed by atoms with Crippen LogP contribution in [0.5, 0.6) is 0 Å². The molecule has 72 heavy (non-hydrogen) atoms. The number of carbonyl (C=O) groups is 1. The average Bonchev–Trinajstić information content (AvgIpc) is 3.37. The molecule has 2 fully saturated rings. The van der Waals surface area contributed by atoms with Gasteiger partial charge in [-0.3, -0.25) is 23.3 Å². The standard InChI is InChI=1S/C50H57ClF3N4O10PS3/c1-3-66-69(60,67-4-2)68-48(45-13-9-8-12-44(45)36-14-18-39(51)19-15-36)37-24-28-58(29-25-37)41-20-16-38(17-21-41)49(59)56-72(63,64)43-22-23-46(47(34-43)71(61,62)50(52,53)54)55-40(26-27-57-30-32-65-33-31-57)35-70-42-10-6-5-7-11-42/h5-23,34,37,40,48,55H,3-4,24-33,35H2,1-2H3,(H,56,59)/t40-,48-/m0/s1. The highest BCUT2D eigenvalue weighted by atomic mass is 35.5. The molecule has 14 nitrogen and oxygen atoms in total. The number of rotatable bonds is 22. The molecule has 2 N–H and O–H groups in total. The van der Waals surface area contributed by atoms with Gasteiger partial charge in [0.1, 0.15) is 4.90 Å². The number of piperidine rings is 1. The highest BCUT2D eigenvalue weighted by molar-refractivity contribution is 7.99. The highest BCUT2D eigenvalue weighted by Crippen LogP contribution is 2.56. The fourth-order valence-electron chi connectivity index (χ4n) is 8.54. The van der Waals surface area contributed by atoms with Gasteiger partial charge >= 0.3 is 13.3 Å². The number of hydrogen-bond acceptors (Lipinski definition) is 14. The first-order valence-corrected chi connectivity index (χ1v) is 29.2. The number of thioether (sulfide) groups is 1. The van der Waals surface area contributed by atoms with Crippen molar-refractivity contribution in [3.63, 3.8) is 0 Å². The molecule has 2 saturated heterocycles. The first-order chi connectivity index (χ1) is 34.4. The summed E-state index contributed by atoms with van der Waals surface area (Å²) in [6.07, 6.45) is 0.892. The zero-order chi connectivity index (χ0) is 51.5. The summed E-state index contributed by atoms with van der Waals surface area (Å²) in [5.41, 5.74) is -3.01. The second-order valence-corrected chi connectivity index (χ2v) is 23.8. The minimum Gasteiger partial charge on any atom is -0.380 e. The number of amides is 1. The van der Waals surface area contributed by atoms with Gasteiger partial charge in [0, 0.05) is 65.7 Å². The van der Waals surface area contributed by atoms with Crippen LogP contribution in [0.4, 0.5) is 24.5 Å². The van der Waals surface area contributed by atoms with E-state index in [9.17, 15) is 39.4 Å². The Kier molecular flexibility index (Phi) is 19.0. The first-order valence-electron chi connectivity index (χ1n) is 23.4. The van der Waals surface area contributed by atoms with Crippen LogP contribution in [0.3, 0.4) is 0 Å². The second kappa shape index (κ2) is 24.7. The van der Waals surface area contributed by atoms with Gasteiger partial charge in [0.25, 0.3) is 25.8 Å². The Morgan fingerprint density at radius 1 is 0.847 bits per heavy atom. The monoisotopic (exact) mass is 1090 g/mol. The number of halogens is 4. The molecule has 2 heterocycles. The number of ether oxygens (including phenoxy) is 1. The number of benzene rings is 5. The lowest BCUT2D eigenvalue weighted by atomic mass is 9.84. The third kappa shape index (κ3) is 14.2. The molecule has 1 amide bonds. The van der Waals surface area contributed by atoms with Crippen LogP contribution in [-0.4, -0.2) is 104 Å². The van der Waals surface area contributed by atoms with Gasteiger partial charge < -0.3 is 15.0 Å². The van der Waals surface area contributed by atoms with Gasteiger partial charge in [0.15, 0.2) is 0 Å². The van der Waals surface area contributed by atoms with E-state index in [4.69, 9.17) is 29.9 Å². The van der Waals surface area contributed by atoms with E-state index in [-0.39, 0.29) is 24.7 Å². The van der Waals surface area contributed by atoms with E-state index < -0.39 is 66.7 Å². The normalized spacial score (nSPS) is 16.3. The minimum absolute atomic E-state index is 0.0764. The molecule has 22 heteroatoms. The number of morpholine rings is 1. The molecule has 0 spiro atoms. The first kappa shape index (κ1) is 55.3. The van der Waals surface area contributed by atoms with E-state index in [1.807, 2.05) is 71.5 Å². The largest absolute Gasteiger partial charge is 0.501 e. The van der Waals surface area contributed by atoms with E-state index in [0.29, 0.717) is 82.0 Å². The van der Waals surface area contributed by atoms with Crippen molar-refractivity contribution >= 4 is 68.3 Å². The van der Waals surface area contributed by atoms with Crippen LogP contribution >= 0.6 is 31.2 Å². The lowest BCUT2D eigenvalue weighted by molar-refractivity contribution is -0.0436. The molecule has 2 aliphatic rings. The van der Waals surface area contributed by atoms with Crippen LogP contribution < -0.4 is 14.9 Å². The molecule has 0 unspecified atom stereocenters. The number of phosphoric ester groups is 1. The average molecular weight is 1090 g/mol. The molecular formula is C50H57ClF3N4O10PS3. The van der Waals surface area contributed by atoms with Crippen molar-refractivity contribution in [1.82, 2.24) is 9.62 Å². The van der Waals surface area contributed by atoms with Crippen molar-refractivity contribution in [1.29, 1.82) is 0 Å². The number of anilines is 2. The van der Waals surface area contributed by atoms with E-state index in [0.717, 1.165) is 39.4 Å². The van der Waals surface area contributed by atoms with Crippen molar-refractivity contribution in [3.05, 3.63) is 137 Å². The van der Waals surface area contributed by atoms with Crippen LogP contribution in [-0.2, 0) is 42.7 Å². The van der Waals surface area contributed by atoms with E-state index in [1.165, 1.54) is 23.9 Å². The molecule has 0 radical (unpaired) electrons. The predicted molar refractivity (Wildman–Crippen MR) is 274 cm³/mol. The molecule has 388 valence electrons. The Morgan fingerprint density at radius 3 is 2.12 bits per heavy atom. The lowest BCUT2D eigenvalue weighted by Crippen LogP contribution is -2.39. The van der Waals surface area contributed by atoms with Crippen molar-refractivity contribution in [2.24, 2.45) is 5.92 Å². The summed E-state index contributed by atoms with van der Waals surface area (Å²) in [5, 5.41) is 3.56. The molecule has 0 aromatic heterocycles.